The van der Waals surface area contributed by atoms with Crippen LogP contribution in [0.3, 0.4) is 0 Å². The molecule has 0 spiro atoms. The van der Waals surface area contributed by atoms with Gasteiger partial charge in [0.15, 0.2) is 0 Å². The van der Waals surface area contributed by atoms with Gasteiger partial charge in [-0.25, -0.2) is 0 Å². The summed E-state index contributed by atoms with van der Waals surface area (Å²) in [6.45, 7) is 1.30. The van der Waals surface area contributed by atoms with Crippen LogP contribution in [0.1, 0.15) is 19.8 Å². The molecule has 0 amide bonds. The summed E-state index contributed by atoms with van der Waals surface area (Å²) in [5.74, 6) is -4.46. The molecule has 0 aromatic heterocycles. The summed E-state index contributed by atoms with van der Waals surface area (Å²) in [5, 5.41) is 17.0. The first kappa shape index (κ1) is 15.1. The first-order valence-corrected chi connectivity index (χ1v) is 6.60. The molecule has 0 rings (SSSR count). The van der Waals surface area contributed by atoms with Crippen LogP contribution in [-0.4, -0.2) is 39.0 Å². The minimum absolute atomic E-state index is 0.143. The summed E-state index contributed by atoms with van der Waals surface area (Å²) in [4.78, 5) is 30.2. The van der Waals surface area contributed by atoms with Crippen molar-refractivity contribution in [3.63, 3.8) is 0 Å². The summed E-state index contributed by atoms with van der Waals surface area (Å²) in [7, 11) is -3.82. The molecule has 3 atom stereocenters. The maximum atomic E-state index is 11.6. The van der Waals surface area contributed by atoms with Crippen LogP contribution in [0.4, 0.5) is 0 Å². The number of rotatable bonds is 7. The maximum absolute atomic E-state index is 11.6. The second-order valence-electron chi connectivity index (χ2n) is 3.68. The van der Waals surface area contributed by atoms with Crippen molar-refractivity contribution in [2.24, 2.45) is 11.7 Å². The summed E-state index contributed by atoms with van der Waals surface area (Å²) in [5.41, 5.74) is 5.38. The Bertz CT molecular complexity index is 318. The average molecular weight is 253 g/mol. The topological polar surface area (TPSA) is 138 Å². The Kier molecular flexibility index (Phi) is 5.64. The highest BCUT2D eigenvalue weighted by Crippen LogP contribution is 2.47. The molecule has 0 aliphatic rings. The highest BCUT2D eigenvalue weighted by atomic mass is 31.2. The standard InChI is InChI=1S/C8H16NO6P/c1-5(8(12)13)4-16(14,15)6(9)2-3-7(10)11/h5-6H,2-4,9H2,1H3,(H,10,11)(H,12,13)(H,14,15). The first-order valence-electron chi connectivity index (χ1n) is 4.68. The van der Waals surface area contributed by atoms with E-state index in [0.717, 1.165) is 0 Å². The molecule has 0 fully saturated rings. The Labute approximate surface area is 92.7 Å². The number of hydrogen-bond donors (Lipinski definition) is 4. The van der Waals surface area contributed by atoms with E-state index in [4.69, 9.17) is 15.9 Å². The van der Waals surface area contributed by atoms with Gasteiger partial charge in [0.2, 0.25) is 7.37 Å². The molecular formula is C8H16NO6P. The van der Waals surface area contributed by atoms with Crippen molar-refractivity contribution in [3.05, 3.63) is 0 Å². The smallest absolute Gasteiger partial charge is 0.306 e. The van der Waals surface area contributed by atoms with Gasteiger partial charge in [0.05, 0.1) is 11.7 Å². The van der Waals surface area contributed by atoms with E-state index in [1.807, 2.05) is 0 Å². The summed E-state index contributed by atoms with van der Waals surface area (Å²) < 4.78 is 11.6. The molecule has 3 unspecified atom stereocenters. The average Bonchev–Trinajstić information content (AvgIpc) is 2.12. The molecule has 8 heteroatoms. The van der Waals surface area contributed by atoms with Crippen LogP contribution in [0, 0.1) is 5.92 Å². The lowest BCUT2D eigenvalue weighted by atomic mass is 10.2. The molecule has 0 saturated carbocycles. The maximum Gasteiger partial charge on any atom is 0.306 e. The highest BCUT2D eigenvalue weighted by molar-refractivity contribution is 7.58. The van der Waals surface area contributed by atoms with Gasteiger partial charge in [-0.3, -0.25) is 14.2 Å². The molecule has 0 aromatic rings. The zero-order chi connectivity index (χ0) is 12.9. The fourth-order valence-electron chi connectivity index (χ4n) is 1.08. The van der Waals surface area contributed by atoms with Crippen molar-refractivity contribution in [1.82, 2.24) is 0 Å². The van der Waals surface area contributed by atoms with Gasteiger partial charge in [-0.2, -0.15) is 0 Å². The van der Waals surface area contributed by atoms with E-state index >= 15 is 0 Å². The van der Waals surface area contributed by atoms with Gasteiger partial charge >= 0.3 is 11.9 Å². The third-order valence-corrected chi connectivity index (χ3v) is 4.49. The Balaban J connectivity index is 4.36. The zero-order valence-corrected chi connectivity index (χ0v) is 9.76. The zero-order valence-electron chi connectivity index (χ0n) is 8.87. The summed E-state index contributed by atoms with van der Waals surface area (Å²) in [6.07, 6.45) is -0.897. The van der Waals surface area contributed by atoms with Gasteiger partial charge in [-0.15, -0.1) is 0 Å². The van der Waals surface area contributed by atoms with Crippen LogP contribution < -0.4 is 5.73 Å². The monoisotopic (exact) mass is 253 g/mol. The lowest BCUT2D eigenvalue weighted by Gasteiger charge is -2.20. The Morgan fingerprint density at radius 1 is 1.38 bits per heavy atom. The summed E-state index contributed by atoms with van der Waals surface area (Å²) in [6, 6.07) is 0. The minimum Gasteiger partial charge on any atom is -0.481 e. The minimum atomic E-state index is -3.82. The molecule has 5 N–H and O–H groups in total. The van der Waals surface area contributed by atoms with Crippen LogP contribution in [0.15, 0.2) is 0 Å². The molecule has 0 bridgehead atoms. The van der Waals surface area contributed by atoms with Gasteiger partial charge in [0.1, 0.15) is 0 Å². The highest BCUT2D eigenvalue weighted by Gasteiger charge is 2.32. The fraction of sp³-hybridized carbons (Fsp3) is 0.750. The van der Waals surface area contributed by atoms with E-state index < -0.39 is 37.2 Å². The van der Waals surface area contributed by atoms with Crippen molar-refractivity contribution >= 4 is 19.3 Å². The quantitative estimate of drug-likeness (QED) is 0.473. The predicted octanol–water partition coefficient (Wildman–Crippen LogP) is 0.127. The normalized spacial score (nSPS) is 18.4. The largest absolute Gasteiger partial charge is 0.481 e. The lowest BCUT2D eigenvalue weighted by Crippen LogP contribution is -2.26. The van der Waals surface area contributed by atoms with Crippen molar-refractivity contribution in [2.45, 2.75) is 25.5 Å². The van der Waals surface area contributed by atoms with Crippen LogP contribution in [0.25, 0.3) is 0 Å². The van der Waals surface area contributed by atoms with E-state index in [0.29, 0.717) is 0 Å². The van der Waals surface area contributed by atoms with E-state index in [9.17, 15) is 19.0 Å². The fourth-order valence-corrected chi connectivity index (χ4v) is 2.82. The van der Waals surface area contributed by atoms with E-state index in [1.165, 1.54) is 6.92 Å². The Morgan fingerprint density at radius 3 is 2.25 bits per heavy atom. The van der Waals surface area contributed by atoms with Gasteiger partial charge in [-0.1, -0.05) is 6.92 Å². The van der Waals surface area contributed by atoms with Crippen LogP contribution in [-0.2, 0) is 14.2 Å². The second-order valence-corrected chi connectivity index (χ2v) is 6.22. The van der Waals surface area contributed by atoms with E-state index in [2.05, 4.69) is 0 Å². The molecule has 0 aliphatic carbocycles. The van der Waals surface area contributed by atoms with Gasteiger partial charge < -0.3 is 20.8 Å². The van der Waals surface area contributed by atoms with Crippen molar-refractivity contribution < 1.29 is 29.3 Å². The Hall–Kier alpha value is -0.910. The first-order chi connectivity index (χ1) is 7.16. The van der Waals surface area contributed by atoms with Gasteiger partial charge in [0.25, 0.3) is 0 Å². The van der Waals surface area contributed by atoms with E-state index in [-0.39, 0.29) is 12.8 Å². The number of nitrogens with two attached hydrogens (primary N) is 1. The SMILES string of the molecule is CC(CP(=O)(O)C(N)CCC(=O)O)C(=O)O. The molecule has 94 valence electrons. The number of carboxylic acids is 2. The van der Waals surface area contributed by atoms with Crippen LogP contribution in [0.2, 0.25) is 0 Å². The third-order valence-electron chi connectivity index (χ3n) is 2.13. The van der Waals surface area contributed by atoms with Crippen LogP contribution >= 0.6 is 7.37 Å². The molecule has 0 aliphatic heterocycles. The molecule has 0 radical (unpaired) electrons. The van der Waals surface area contributed by atoms with Gasteiger partial charge in [0, 0.05) is 12.6 Å². The molecule has 0 heterocycles. The molecule has 0 aromatic carbocycles. The molecule has 7 nitrogen and oxygen atoms in total. The predicted molar refractivity (Wildman–Crippen MR) is 56.3 cm³/mol. The number of aliphatic carboxylic acids is 2. The molecule has 16 heavy (non-hydrogen) atoms. The Morgan fingerprint density at radius 2 is 1.88 bits per heavy atom. The van der Waals surface area contributed by atoms with Crippen molar-refractivity contribution in [1.29, 1.82) is 0 Å². The molecular weight excluding hydrogens is 237 g/mol. The second kappa shape index (κ2) is 5.98. The van der Waals surface area contributed by atoms with Crippen LogP contribution in [0.5, 0.6) is 0 Å². The summed E-state index contributed by atoms with van der Waals surface area (Å²) >= 11 is 0. The number of carboxylic acid groups (broad SMARTS) is 2. The number of hydrogen-bond acceptors (Lipinski definition) is 4. The molecule has 0 saturated heterocycles. The van der Waals surface area contributed by atoms with Crippen molar-refractivity contribution in [2.75, 3.05) is 6.16 Å². The van der Waals surface area contributed by atoms with Gasteiger partial charge in [-0.05, 0) is 6.42 Å². The lowest BCUT2D eigenvalue weighted by molar-refractivity contribution is -0.140. The number of carbonyl (C=O) groups is 2. The van der Waals surface area contributed by atoms with E-state index in [1.54, 1.807) is 0 Å². The third kappa shape index (κ3) is 5.25. The van der Waals surface area contributed by atoms with Crippen molar-refractivity contribution in [3.8, 4) is 0 Å².